The fourth-order valence-corrected chi connectivity index (χ4v) is 1.90. The molecule has 0 fully saturated rings. The first-order chi connectivity index (χ1) is 10.2. The van der Waals surface area contributed by atoms with E-state index in [9.17, 15) is 9.90 Å². The van der Waals surface area contributed by atoms with Gasteiger partial charge in [-0.15, -0.1) is 0 Å². The van der Waals surface area contributed by atoms with E-state index in [1.54, 1.807) is 12.1 Å². The number of carbonyl (C=O) groups is 1. The highest BCUT2D eigenvalue weighted by atomic mass is 16.5. The molecule has 0 saturated carbocycles. The molecule has 0 heterocycles. The molecule has 0 unspecified atom stereocenters. The summed E-state index contributed by atoms with van der Waals surface area (Å²) in [7, 11) is 1.87. The van der Waals surface area contributed by atoms with Gasteiger partial charge in [-0.3, -0.25) is 4.79 Å². The van der Waals surface area contributed by atoms with Crippen LogP contribution in [0.5, 0.6) is 11.5 Å². The molecule has 0 aliphatic carbocycles. The fraction of sp³-hybridized carbons (Fsp3) is 0.235. The highest BCUT2D eigenvalue weighted by molar-refractivity contribution is 5.64. The van der Waals surface area contributed by atoms with Crippen LogP contribution in [-0.4, -0.2) is 18.6 Å². The van der Waals surface area contributed by atoms with Crippen LogP contribution in [0.2, 0.25) is 0 Å². The molecule has 4 nitrogen and oxygen atoms in total. The maximum absolute atomic E-state index is 10.5. The highest BCUT2D eigenvalue weighted by Crippen LogP contribution is 2.31. The van der Waals surface area contributed by atoms with Gasteiger partial charge in [0.25, 0.3) is 6.47 Å². The van der Waals surface area contributed by atoms with E-state index >= 15 is 0 Å². The molecule has 0 atom stereocenters. The zero-order valence-corrected chi connectivity index (χ0v) is 12.6. The van der Waals surface area contributed by atoms with Crippen LogP contribution < -0.4 is 9.64 Å². The average Bonchev–Trinajstić information content (AvgIpc) is 2.52. The average molecular weight is 287 g/mol. The molecule has 0 bridgehead atoms. The fourth-order valence-electron chi connectivity index (χ4n) is 1.90. The Morgan fingerprint density at radius 1 is 1.14 bits per heavy atom. The smallest absolute Gasteiger partial charge is 0.298 e. The molecule has 2 rings (SSSR count). The third-order valence-electron chi connectivity index (χ3n) is 2.79. The minimum atomic E-state index is 0.133. The number of phenols is 1. The van der Waals surface area contributed by atoms with Crippen LogP contribution in [0.25, 0.3) is 0 Å². The lowest BCUT2D eigenvalue weighted by Crippen LogP contribution is -2.17. The van der Waals surface area contributed by atoms with Crippen molar-refractivity contribution in [2.75, 3.05) is 11.9 Å². The van der Waals surface area contributed by atoms with Crippen molar-refractivity contribution in [1.82, 2.24) is 0 Å². The van der Waals surface area contributed by atoms with Crippen LogP contribution in [0, 0.1) is 0 Å². The van der Waals surface area contributed by atoms with Crippen LogP contribution in [0.4, 0.5) is 5.69 Å². The Kier molecular flexibility index (Phi) is 6.81. The van der Waals surface area contributed by atoms with E-state index in [-0.39, 0.29) is 5.75 Å². The summed E-state index contributed by atoms with van der Waals surface area (Å²) in [4.78, 5) is 12.4. The topological polar surface area (TPSA) is 49.8 Å². The molecule has 0 aliphatic rings. The number of hydrogen-bond donors (Lipinski definition) is 1. The van der Waals surface area contributed by atoms with E-state index in [0.29, 0.717) is 24.5 Å². The van der Waals surface area contributed by atoms with Gasteiger partial charge in [0.15, 0.2) is 5.75 Å². The predicted molar refractivity (Wildman–Crippen MR) is 84.7 cm³/mol. The number of anilines is 1. The zero-order valence-electron chi connectivity index (χ0n) is 12.6. The number of carbonyl (C=O) groups excluding carboxylic acids is 1. The number of nitrogens with zero attached hydrogens (tertiary/aromatic N) is 1. The van der Waals surface area contributed by atoms with Gasteiger partial charge in [0, 0.05) is 19.7 Å². The second-order valence-corrected chi connectivity index (χ2v) is 4.21. The van der Waals surface area contributed by atoms with Crippen molar-refractivity contribution in [1.29, 1.82) is 0 Å². The van der Waals surface area contributed by atoms with Gasteiger partial charge in [-0.25, -0.2) is 0 Å². The Labute approximate surface area is 125 Å². The van der Waals surface area contributed by atoms with Crippen LogP contribution in [0.15, 0.2) is 48.5 Å². The lowest BCUT2D eigenvalue weighted by atomic mass is 10.2. The molecule has 4 heteroatoms. The first kappa shape index (κ1) is 16.6. The first-order valence-corrected chi connectivity index (χ1v) is 6.89. The van der Waals surface area contributed by atoms with E-state index < -0.39 is 0 Å². The summed E-state index contributed by atoms with van der Waals surface area (Å²) in [6.45, 7) is 5.03. The molecule has 112 valence electrons. The Balaban J connectivity index is 0.00000106. The third kappa shape index (κ3) is 4.84. The van der Waals surface area contributed by atoms with Crippen molar-refractivity contribution in [2.45, 2.75) is 20.4 Å². The molecule has 0 radical (unpaired) electrons. The van der Waals surface area contributed by atoms with Gasteiger partial charge in [-0.1, -0.05) is 44.2 Å². The molecule has 0 amide bonds. The first-order valence-electron chi connectivity index (χ1n) is 6.89. The van der Waals surface area contributed by atoms with Gasteiger partial charge in [-0.2, -0.15) is 0 Å². The van der Waals surface area contributed by atoms with Gasteiger partial charge in [0.1, 0.15) is 5.75 Å². The molecular formula is C17H21NO3. The quantitative estimate of drug-likeness (QED) is 0.854. The zero-order chi connectivity index (χ0) is 15.7. The largest absolute Gasteiger partial charge is 0.508 e. The molecule has 2 aromatic rings. The van der Waals surface area contributed by atoms with E-state index in [1.807, 2.05) is 56.1 Å². The molecule has 0 aromatic heterocycles. The second-order valence-electron chi connectivity index (χ2n) is 4.21. The number of rotatable bonds is 5. The van der Waals surface area contributed by atoms with Gasteiger partial charge < -0.3 is 14.7 Å². The summed E-state index contributed by atoms with van der Waals surface area (Å²) >= 11 is 0. The van der Waals surface area contributed by atoms with Gasteiger partial charge >= 0.3 is 0 Å². The standard InChI is InChI=1S/C15H15NO3.C2H6/c1-16(10-12-5-3-2-4-6-12)14-9-13(18)7-8-15(14)19-11-17;1-2/h2-9,11,18H,10H2,1H3;1-2H3. The Morgan fingerprint density at radius 2 is 1.81 bits per heavy atom. The Bertz CT molecular complexity index is 555. The van der Waals surface area contributed by atoms with Crippen molar-refractivity contribution in [3.8, 4) is 11.5 Å². The van der Waals surface area contributed by atoms with Crippen LogP contribution in [0.1, 0.15) is 19.4 Å². The normalized spacial score (nSPS) is 9.29. The highest BCUT2D eigenvalue weighted by Gasteiger charge is 2.10. The summed E-state index contributed by atoms with van der Waals surface area (Å²) in [6, 6.07) is 14.5. The van der Waals surface area contributed by atoms with Crippen molar-refractivity contribution < 1.29 is 14.6 Å². The molecule has 0 spiro atoms. The van der Waals surface area contributed by atoms with E-state index in [0.717, 1.165) is 5.56 Å². The lowest BCUT2D eigenvalue weighted by molar-refractivity contribution is -0.120. The van der Waals surface area contributed by atoms with Crippen LogP contribution in [0.3, 0.4) is 0 Å². The Hall–Kier alpha value is -2.49. The van der Waals surface area contributed by atoms with Crippen molar-refractivity contribution in [3.05, 3.63) is 54.1 Å². The summed E-state index contributed by atoms with van der Waals surface area (Å²) < 4.78 is 4.92. The maximum Gasteiger partial charge on any atom is 0.298 e. The minimum Gasteiger partial charge on any atom is -0.508 e. The number of benzene rings is 2. The molecule has 21 heavy (non-hydrogen) atoms. The van der Waals surface area contributed by atoms with Crippen molar-refractivity contribution in [2.24, 2.45) is 0 Å². The summed E-state index contributed by atoms with van der Waals surface area (Å²) in [6.07, 6.45) is 0. The van der Waals surface area contributed by atoms with Gasteiger partial charge in [-0.05, 0) is 17.7 Å². The monoisotopic (exact) mass is 287 g/mol. The summed E-state index contributed by atoms with van der Waals surface area (Å²) in [5.74, 6) is 0.555. The number of phenolic OH excluding ortho intramolecular Hbond substituents is 1. The lowest BCUT2D eigenvalue weighted by Gasteiger charge is -2.21. The molecule has 2 aromatic carbocycles. The number of aromatic hydroxyl groups is 1. The second kappa shape index (κ2) is 8.64. The van der Waals surface area contributed by atoms with Gasteiger partial charge in [0.2, 0.25) is 0 Å². The molecular weight excluding hydrogens is 266 g/mol. The maximum atomic E-state index is 10.5. The Morgan fingerprint density at radius 3 is 2.43 bits per heavy atom. The van der Waals surface area contributed by atoms with E-state index in [2.05, 4.69) is 0 Å². The molecule has 0 saturated heterocycles. The predicted octanol–water partition coefficient (Wildman–Crippen LogP) is 3.59. The molecule has 1 N–H and O–H groups in total. The summed E-state index contributed by atoms with van der Waals surface area (Å²) in [5, 5.41) is 9.55. The van der Waals surface area contributed by atoms with E-state index in [4.69, 9.17) is 4.74 Å². The van der Waals surface area contributed by atoms with Crippen LogP contribution in [-0.2, 0) is 11.3 Å². The SMILES string of the molecule is CC.CN(Cc1ccccc1)c1cc(O)ccc1OC=O. The van der Waals surface area contributed by atoms with Crippen molar-refractivity contribution >= 4 is 12.2 Å². The van der Waals surface area contributed by atoms with Gasteiger partial charge in [0.05, 0.1) is 5.69 Å². The van der Waals surface area contributed by atoms with E-state index in [1.165, 1.54) is 6.07 Å². The summed E-state index contributed by atoms with van der Waals surface area (Å²) in [5.41, 5.74) is 1.79. The van der Waals surface area contributed by atoms with Crippen molar-refractivity contribution in [3.63, 3.8) is 0 Å². The third-order valence-corrected chi connectivity index (χ3v) is 2.79. The minimum absolute atomic E-state index is 0.133. The molecule has 0 aliphatic heterocycles. The number of hydrogen-bond acceptors (Lipinski definition) is 4. The number of ether oxygens (including phenoxy) is 1. The van der Waals surface area contributed by atoms with Crippen LogP contribution >= 0.6 is 0 Å².